The van der Waals surface area contributed by atoms with Gasteiger partial charge in [0.2, 0.25) is 12.7 Å². The van der Waals surface area contributed by atoms with E-state index in [2.05, 4.69) is 5.32 Å². The van der Waals surface area contributed by atoms with Gasteiger partial charge in [0.1, 0.15) is 0 Å². The molecule has 3 rings (SSSR count). The van der Waals surface area contributed by atoms with Crippen LogP contribution in [-0.2, 0) is 11.2 Å². The lowest BCUT2D eigenvalue weighted by atomic mass is 10.1. The minimum absolute atomic E-state index is 0.142. The summed E-state index contributed by atoms with van der Waals surface area (Å²) in [5.41, 5.74) is 1.05. The Morgan fingerprint density at radius 1 is 1.26 bits per heavy atom. The summed E-state index contributed by atoms with van der Waals surface area (Å²) >= 11 is 0. The lowest BCUT2D eigenvalue weighted by Crippen LogP contribution is -2.32. The summed E-state index contributed by atoms with van der Waals surface area (Å²) in [5.74, 6) is 1.73. The molecule has 1 fully saturated rings. The van der Waals surface area contributed by atoms with Crippen molar-refractivity contribution in [3.05, 3.63) is 23.8 Å². The molecule has 1 aromatic rings. The quantitative estimate of drug-likeness (QED) is 0.905. The van der Waals surface area contributed by atoms with Gasteiger partial charge in [0.15, 0.2) is 11.5 Å². The third-order valence-electron chi connectivity index (χ3n) is 3.82. The molecule has 1 aliphatic carbocycles. The zero-order valence-corrected chi connectivity index (χ0v) is 11.0. The number of nitrogens with one attached hydrogen (secondary N) is 1. The third kappa shape index (κ3) is 2.83. The molecule has 1 aromatic carbocycles. The van der Waals surface area contributed by atoms with E-state index in [1.54, 1.807) is 0 Å². The van der Waals surface area contributed by atoms with Crippen LogP contribution in [0.1, 0.15) is 37.7 Å². The predicted molar refractivity (Wildman–Crippen MR) is 71.3 cm³/mol. The van der Waals surface area contributed by atoms with Crippen LogP contribution >= 0.6 is 0 Å². The first-order valence-corrected chi connectivity index (χ1v) is 7.00. The lowest BCUT2D eigenvalue weighted by molar-refractivity contribution is -0.121. The van der Waals surface area contributed by atoms with E-state index in [0.717, 1.165) is 29.9 Å². The summed E-state index contributed by atoms with van der Waals surface area (Å²) < 4.78 is 10.8. The maximum Gasteiger partial charge on any atom is 0.231 e. The molecule has 2 aliphatic rings. The monoisotopic (exact) mass is 261 g/mol. The second kappa shape index (κ2) is 5.51. The maximum absolute atomic E-state index is 11.9. The minimum atomic E-state index is 0.142. The van der Waals surface area contributed by atoms with Crippen LogP contribution in [0.2, 0.25) is 0 Å². The van der Waals surface area contributed by atoms with Gasteiger partial charge in [-0.2, -0.15) is 0 Å². The van der Waals surface area contributed by atoms with Crippen molar-refractivity contribution in [1.29, 1.82) is 0 Å². The van der Waals surface area contributed by atoms with Gasteiger partial charge in [-0.15, -0.1) is 0 Å². The van der Waals surface area contributed by atoms with Crippen LogP contribution in [0.25, 0.3) is 0 Å². The van der Waals surface area contributed by atoms with E-state index in [-0.39, 0.29) is 12.7 Å². The number of benzene rings is 1. The number of ether oxygens (including phenoxy) is 2. The molecule has 1 aliphatic heterocycles. The van der Waals surface area contributed by atoms with Crippen LogP contribution < -0.4 is 14.8 Å². The number of para-hydroxylation sites is 1. The summed E-state index contributed by atoms with van der Waals surface area (Å²) in [6, 6.07) is 6.23. The number of amides is 1. The molecule has 0 radical (unpaired) electrons. The van der Waals surface area contributed by atoms with E-state index >= 15 is 0 Å². The van der Waals surface area contributed by atoms with E-state index in [1.165, 1.54) is 12.8 Å². The van der Waals surface area contributed by atoms with Crippen LogP contribution in [0, 0.1) is 0 Å². The Balaban J connectivity index is 1.54. The first kappa shape index (κ1) is 12.3. The number of fused-ring (bicyclic) bond motifs is 1. The fourth-order valence-electron chi connectivity index (χ4n) is 2.81. The van der Waals surface area contributed by atoms with Gasteiger partial charge in [-0.05, 0) is 30.9 Å². The largest absolute Gasteiger partial charge is 0.454 e. The standard InChI is InChI=1S/C15H19NO3/c17-14(16-12-5-1-2-6-12)9-8-11-4-3-7-13-15(11)19-10-18-13/h3-4,7,12H,1-2,5-6,8-10H2,(H,16,17). The summed E-state index contributed by atoms with van der Waals surface area (Å²) in [4.78, 5) is 11.9. The van der Waals surface area contributed by atoms with Gasteiger partial charge in [0.05, 0.1) is 0 Å². The highest BCUT2D eigenvalue weighted by atomic mass is 16.7. The fraction of sp³-hybridized carbons (Fsp3) is 0.533. The molecule has 1 amide bonds. The van der Waals surface area contributed by atoms with Crippen molar-refractivity contribution >= 4 is 5.91 Å². The van der Waals surface area contributed by atoms with E-state index in [1.807, 2.05) is 18.2 Å². The zero-order valence-electron chi connectivity index (χ0n) is 11.0. The minimum Gasteiger partial charge on any atom is -0.454 e. The molecule has 0 aromatic heterocycles. The van der Waals surface area contributed by atoms with Crippen LogP contribution in [0.5, 0.6) is 11.5 Å². The van der Waals surface area contributed by atoms with Crippen LogP contribution in [0.15, 0.2) is 18.2 Å². The Morgan fingerprint density at radius 3 is 2.95 bits per heavy atom. The molecule has 0 spiro atoms. The fourth-order valence-corrected chi connectivity index (χ4v) is 2.81. The number of carbonyl (C=O) groups is 1. The Labute approximate surface area is 113 Å². The molecule has 0 unspecified atom stereocenters. The summed E-state index contributed by atoms with van der Waals surface area (Å²) in [6.45, 7) is 0.278. The van der Waals surface area contributed by atoms with Gasteiger partial charge in [-0.25, -0.2) is 0 Å². The van der Waals surface area contributed by atoms with Gasteiger partial charge in [0.25, 0.3) is 0 Å². The Hall–Kier alpha value is -1.71. The molecule has 1 heterocycles. The lowest BCUT2D eigenvalue weighted by Gasteiger charge is -2.12. The molecule has 19 heavy (non-hydrogen) atoms. The van der Waals surface area contributed by atoms with Crippen molar-refractivity contribution in [3.8, 4) is 11.5 Å². The Bertz CT molecular complexity index is 466. The van der Waals surface area contributed by atoms with Gasteiger partial charge in [0, 0.05) is 12.5 Å². The van der Waals surface area contributed by atoms with E-state index in [0.29, 0.717) is 18.9 Å². The molecule has 1 saturated carbocycles. The van der Waals surface area contributed by atoms with Crippen molar-refractivity contribution in [1.82, 2.24) is 5.32 Å². The number of hydrogen-bond acceptors (Lipinski definition) is 3. The summed E-state index contributed by atoms with van der Waals surface area (Å²) in [7, 11) is 0. The Morgan fingerprint density at radius 2 is 2.11 bits per heavy atom. The van der Waals surface area contributed by atoms with Crippen molar-refractivity contribution in [2.45, 2.75) is 44.6 Å². The first-order valence-electron chi connectivity index (χ1n) is 7.00. The SMILES string of the molecule is O=C(CCc1cccc2c1OCO2)NC1CCCC1. The van der Waals surface area contributed by atoms with Crippen LogP contribution in [0.4, 0.5) is 0 Å². The average Bonchev–Trinajstić information content (AvgIpc) is 3.06. The van der Waals surface area contributed by atoms with Gasteiger partial charge in [-0.1, -0.05) is 25.0 Å². The van der Waals surface area contributed by atoms with E-state index < -0.39 is 0 Å². The molecule has 1 N–H and O–H groups in total. The Kier molecular flexibility index (Phi) is 3.58. The highest BCUT2D eigenvalue weighted by Gasteiger charge is 2.19. The van der Waals surface area contributed by atoms with E-state index in [9.17, 15) is 4.79 Å². The maximum atomic E-state index is 11.9. The molecular weight excluding hydrogens is 242 g/mol. The summed E-state index contributed by atoms with van der Waals surface area (Å²) in [6.07, 6.45) is 5.94. The number of hydrogen-bond donors (Lipinski definition) is 1. The van der Waals surface area contributed by atoms with Gasteiger partial charge in [-0.3, -0.25) is 4.79 Å². The van der Waals surface area contributed by atoms with Gasteiger partial charge >= 0.3 is 0 Å². The zero-order chi connectivity index (χ0) is 13.1. The van der Waals surface area contributed by atoms with Crippen LogP contribution in [0.3, 0.4) is 0 Å². The smallest absolute Gasteiger partial charge is 0.231 e. The predicted octanol–water partition coefficient (Wildman–Crippen LogP) is 2.41. The second-order valence-electron chi connectivity index (χ2n) is 5.20. The van der Waals surface area contributed by atoms with Crippen molar-refractivity contribution in [2.24, 2.45) is 0 Å². The normalized spacial score (nSPS) is 17.7. The molecule has 0 bridgehead atoms. The highest BCUT2D eigenvalue weighted by molar-refractivity contribution is 5.76. The molecule has 102 valence electrons. The average molecular weight is 261 g/mol. The number of rotatable bonds is 4. The molecule has 4 nitrogen and oxygen atoms in total. The molecule has 0 saturated heterocycles. The first-order chi connectivity index (χ1) is 9.33. The van der Waals surface area contributed by atoms with Crippen molar-refractivity contribution < 1.29 is 14.3 Å². The van der Waals surface area contributed by atoms with Crippen molar-refractivity contribution in [2.75, 3.05) is 6.79 Å². The number of carbonyl (C=O) groups excluding carboxylic acids is 1. The highest BCUT2D eigenvalue weighted by Crippen LogP contribution is 2.35. The van der Waals surface area contributed by atoms with E-state index in [4.69, 9.17) is 9.47 Å². The molecule has 4 heteroatoms. The van der Waals surface area contributed by atoms with Crippen LogP contribution in [-0.4, -0.2) is 18.7 Å². The van der Waals surface area contributed by atoms with Crippen molar-refractivity contribution in [3.63, 3.8) is 0 Å². The molecule has 0 atom stereocenters. The molecular formula is C15H19NO3. The number of aryl methyl sites for hydroxylation is 1. The topological polar surface area (TPSA) is 47.6 Å². The third-order valence-corrected chi connectivity index (χ3v) is 3.82. The summed E-state index contributed by atoms with van der Waals surface area (Å²) in [5, 5.41) is 3.11. The second-order valence-corrected chi connectivity index (χ2v) is 5.20. The van der Waals surface area contributed by atoms with Gasteiger partial charge < -0.3 is 14.8 Å².